The number of hydrogen-bond acceptors (Lipinski definition) is 6. The van der Waals surface area contributed by atoms with Crippen molar-refractivity contribution in [1.82, 2.24) is 19.5 Å². The third kappa shape index (κ3) is 5.26. The highest BCUT2D eigenvalue weighted by molar-refractivity contribution is 6.30. The third-order valence-electron chi connectivity index (χ3n) is 9.56. The van der Waals surface area contributed by atoms with Crippen LogP contribution < -0.4 is 10.2 Å². The van der Waals surface area contributed by atoms with Crippen molar-refractivity contribution in [3.63, 3.8) is 0 Å². The van der Waals surface area contributed by atoms with E-state index in [2.05, 4.69) is 20.2 Å². The summed E-state index contributed by atoms with van der Waals surface area (Å²) in [6.07, 6.45) is 7.98. The first-order valence-corrected chi connectivity index (χ1v) is 14.9. The molecule has 2 N–H and O–H groups in total. The molecule has 4 heterocycles. The summed E-state index contributed by atoms with van der Waals surface area (Å²) in [5.41, 5.74) is 0.753. The van der Waals surface area contributed by atoms with Crippen molar-refractivity contribution in [2.45, 2.75) is 64.5 Å². The van der Waals surface area contributed by atoms with E-state index in [1.807, 2.05) is 26.0 Å². The lowest BCUT2D eigenvalue weighted by atomic mass is 9.65. The molecule has 1 aromatic carbocycles. The van der Waals surface area contributed by atoms with Crippen molar-refractivity contribution in [3.8, 4) is 0 Å². The van der Waals surface area contributed by atoms with Crippen LogP contribution in [0.15, 0.2) is 36.5 Å². The molecule has 3 aliphatic rings. The molecule has 10 heteroatoms. The number of rotatable bonds is 7. The molecule has 2 aliphatic heterocycles. The van der Waals surface area contributed by atoms with Gasteiger partial charge in [-0.15, -0.1) is 0 Å². The Labute approximate surface area is 239 Å². The van der Waals surface area contributed by atoms with E-state index >= 15 is 0 Å². The van der Waals surface area contributed by atoms with E-state index in [0.29, 0.717) is 28.5 Å². The molecule has 3 aromatic rings. The van der Waals surface area contributed by atoms with Gasteiger partial charge in [-0.25, -0.2) is 9.37 Å². The number of aliphatic carboxylic acids is 1. The minimum Gasteiger partial charge on any atom is -0.481 e. The van der Waals surface area contributed by atoms with E-state index < -0.39 is 11.4 Å². The molecule has 1 aliphatic carbocycles. The van der Waals surface area contributed by atoms with E-state index in [9.17, 15) is 14.3 Å². The number of carboxylic acids is 1. The van der Waals surface area contributed by atoms with Crippen molar-refractivity contribution in [2.75, 3.05) is 36.4 Å². The first-order chi connectivity index (χ1) is 19.2. The van der Waals surface area contributed by atoms with Crippen LogP contribution in [0.2, 0.25) is 5.02 Å². The van der Waals surface area contributed by atoms with Gasteiger partial charge in [-0.05, 0) is 82.9 Å². The number of aromatic nitrogens is 3. The fourth-order valence-electron chi connectivity index (χ4n) is 7.09. The normalized spacial score (nSPS) is 26.9. The number of benzene rings is 1. The van der Waals surface area contributed by atoms with Crippen molar-refractivity contribution in [3.05, 3.63) is 52.9 Å². The minimum absolute atomic E-state index is 0.288. The van der Waals surface area contributed by atoms with Gasteiger partial charge >= 0.3 is 5.97 Å². The van der Waals surface area contributed by atoms with Crippen LogP contribution in [0.5, 0.6) is 0 Å². The number of hydrogen-bond donors (Lipinski definition) is 2. The molecular weight excluding hydrogens is 531 g/mol. The van der Waals surface area contributed by atoms with Crippen LogP contribution in [-0.2, 0) is 4.79 Å². The number of carboxylic acid groups (broad SMARTS) is 1. The van der Waals surface area contributed by atoms with Crippen molar-refractivity contribution in [1.29, 1.82) is 0 Å². The maximum Gasteiger partial charge on any atom is 0.309 e. The van der Waals surface area contributed by atoms with Crippen LogP contribution in [-0.4, -0.2) is 62.8 Å². The lowest BCUT2D eigenvalue weighted by Crippen LogP contribution is -2.56. The quantitative estimate of drug-likeness (QED) is 0.368. The Kier molecular flexibility index (Phi) is 7.38. The second-order valence-electron chi connectivity index (χ2n) is 12.3. The molecule has 3 fully saturated rings. The number of likely N-dealkylation sites (tertiary alicyclic amines) is 1. The van der Waals surface area contributed by atoms with E-state index in [0.717, 1.165) is 69.1 Å². The number of nitrogens with zero attached hydrogens (tertiary/aromatic N) is 5. The molecule has 1 saturated carbocycles. The fourth-order valence-corrected chi connectivity index (χ4v) is 7.25. The molecule has 2 aromatic heterocycles. The average molecular weight is 569 g/mol. The van der Waals surface area contributed by atoms with Gasteiger partial charge in [0.1, 0.15) is 17.5 Å². The number of fused-ring (bicyclic) bond motifs is 1. The van der Waals surface area contributed by atoms with Crippen LogP contribution in [0, 0.1) is 23.1 Å². The van der Waals surface area contributed by atoms with Gasteiger partial charge in [0.25, 0.3) is 0 Å². The molecule has 8 nitrogen and oxygen atoms in total. The smallest absolute Gasteiger partial charge is 0.309 e. The molecule has 2 saturated heterocycles. The first kappa shape index (κ1) is 27.3. The zero-order valence-electron chi connectivity index (χ0n) is 23.2. The Balaban J connectivity index is 1.10. The second kappa shape index (κ2) is 10.8. The Morgan fingerprint density at radius 2 is 1.93 bits per heavy atom. The van der Waals surface area contributed by atoms with Crippen molar-refractivity contribution < 1.29 is 14.3 Å². The SMILES string of the molecule is C[C@@H](Nc1cc(N2CCC([C@H]3CCCN(C4CC(C)(C(=O)O)C4)C3)CC2)nc2ccnn12)c1ccc(Cl)cc1F. The zero-order chi connectivity index (χ0) is 28.0. The summed E-state index contributed by atoms with van der Waals surface area (Å²) in [5.74, 6) is 2.03. The summed E-state index contributed by atoms with van der Waals surface area (Å²) in [6, 6.07) is 8.80. The molecule has 6 rings (SSSR count). The summed E-state index contributed by atoms with van der Waals surface area (Å²) in [5, 5.41) is 17.8. The molecule has 0 spiro atoms. The van der Waals surface area contributed by atoms with Crippen LogP contribution in [0.1, 0.15) is 64.0 Å². The number of nitrogens with one attached hydrogen (secondary N) is 1. The van der Waals surface area contributed by atoms with Gasteiger partial charge in [-0.3, -0.25) is 4.79 Å². The summed E-state index contributed by atoms with van der Waals surface area (Å²) in [6.45, 7) is 7.89. The van der Waals surface area contributed by atoms with E-state index in [1.165, 1.54) is 18.9 Å². The average Bonchev–Trinajstić information content (AvgIpc) is 3.40. The van der Waals surface area contributed by atoms with Crippen LogP contribution in [0.3, 0.4) is 0 Å². The molecule has 0 unspecified atom stereocenters. The van der Waals surface area contributed by atoms with Crippen molar-refractivity contribution >= 4 is 34.9 Å². The Hall–Kier alpha value is -2.91. The maximum atomic E-state index is 14.6. The van der Waals surface area contributed by atoms with Crippen LogP contribution >= 0.6 is 11.6 Å². The maximum absolute atomic E-state index is 14.6. The number of piperidine rings is 2. The molecule has 0 radical (unpaired) electrons. The van der Waals surface area contributed by atoms with E-state index in [4.69, 9.17) is 16.6 Å². The largest absolute Gasteiger partial charge is 0.481 e. The van der Waals surface area contributed by atoms with Gasteiger partial charge < -0.3 is 20.2 Å². The highest BCUT2D eigenvalue weighted by Gasteiger charge is 2.49. The summed E-state index contributed by atoms with van der Waals surface area (Å²) >= 11 is 5.95. The standard InChI is InChI=1S/C30H38ClFN6O2/c1-19(24-6-5-22(31)14-25(24)32)34-28-15-27(35-26-7-10-33-38(26)28)36-12-8-20(9-13-36)21-4-3-11-37(18-21)23-16-30(2,17-23)29(39)40/h5-7,10,14-15,19-21,23,34H,3-4,8-9,11-13,16-18H2,1-2H3,(H,39,40)/t19-,21+,23?,30?/m1/s1. The Bertz CT molecular complexity index is 1380. The van der Waals surface area contributed by atoms with E-state index in [1.54, 1.807) is 22.8 Å². The molecule has 0 bridgehead atoms. The molecule has 40 heavy (non-hydrogen) atoms. The van der Waals surface area contributed by atoms with Crippen LogP contribution in [0.25, 0.3) is 5.65 Å². The summed E-state index contributed by atoms with van der Waals surface area (Å²) in [7, 11) is 0. The van der Waals surface area contributed by atoms with Gasteiger partial charge in [-0.1, -0.05) is 17.7 Å². The van der Waals surface area contributed by atoms with E-state index in [-0.39, 0.29) is 11.9 Å². The number of anilines is 2. The second-order valence-corrected chi connectivity index (χ2v) is 12.7. The third-order valence-corrected chi connectivity index (χ3v) is 9.80. The van der Waals surface area contributed by atoms with Crippen LogP contribution in [0.4, 0.5) is 16.0 Å². The predicted octanol–water partition coefficient (Wildman–Crippen LogP) is 5.88. The first-order valence-electron chi connectivity index (χ1n) is 14.5. The van der Waals surface area contributed by atoms with Gasteiger partial charge in [0.05, 0.1) is 17.7 Å². The molecular formula is C30H38ClFN6O2. The predicted molar refractivity (Wildman–Crippen MR) is 154 cm³/mol. The van der Waals surface area contributed by atoms with Gasteiger partial charge in [0, 0.05) is 48.4 Å². The molecule has 2 atom stereocenters. The molecule has 0 amide bonds. The number of halogens is 2. The van der Waals surface area contributed by atoms with Gasteiger partial charge in [0.2, 0.25) is 0 Å². The zero-order valence-corrected chi connectivity index (χ0v) is 23.9. The fraction of sp³-hybridized carbons (Fsp3) is 0.567. The van der Waals surface area contributed by atoms with Gasteiger partial charge in [0.15, 0.2) is 5.65 Å². The lowest BCUT2D eigenvalue weighted by Gasteiger charge is -2.51. The monoisotopic (exact) mass is 568 g/mol. The Morgan fingerprint density at radius 3 is 2.65 bits per heavy atom. The lowest BCUT2D eigenvalue weighted by molar-refractivity contribution is -0.158. The number of carbonyl (C=O) groups is 1. The summed E-state index contributed by atoms with van der Waals surface area (Å²) in [4.78, 5) is 21.4. The minimum atomic E-state index is -0.655. The topological polar surface area (TPSA) is 86.0 Å². The highest BCUT2D eigenvalue weighted by Crippen LogP contribution is 2.45. The van der Waals surface area contributed by atoms with Gasteiger partial charge in [-0.2, -0.15) is 9.61 Å². The summed E-state index contributed by atoms with van der Waals surface area (Å²) < 4.78 is 16.3. The molecule has 214 valence electrons. The highest BCUT2D eigenvalue weighted by atomic mass is 35.5. The van der Waals surface area contributed by atoms with Crippen molar-refractivity contribution in [2.24, 2.45) is 17.3 Å². The Morgan fingerprint density at radius 1 is 1.15 bits per heavy atom.